The van der Waals surface area contributed by atoms with Crippen molar-refractivity contribution in [3.63, 3.8) is 0 Å². The van der Waals surface area contributed by atoms with Gasteiger partial charge >= 0.3 is 0 Å². The van der Waals surface area contributed by atoms with Gasteiger partial charge in [0, 0.05) is 24.7 Å². The maximum Gasteiger partial charge on any atom is 0.113 e. The number of hydrogen-bond donors (Lipinski definition) is 4. The van der Waals surface area contributed by atoms with Gasteiger partial charge < -0.3 is 30.2 Å². The van der Waals surface area contributed by atoms with E-state index in [4.69, 9.17) is 16.3 Å². The fraction of sp³-hybridized carbons (Fsp3) is 0.409. The van der Waals surface area contributed by atoms with Crippen LogP contribution >= 0.6 is 11.6 Å². The Morgan fingerprint density at radius 1 is 1.00 bits per heavy atom. The Kier molecular flexibility index (Phi) is 7.40. The summed E-state index contributed by atoms with van der Waals surface area (Å²) in [6.07, 6.45) is -2.71. The molecule has 0 aliphatic carbocycles. The lowest BCUT2D eigenvalue weighted by molar-refractivity contribution is -0.231. The molecule has 1 heterocycles. The van der Waals surface area contributed by atoms with Crippen LogP contribution in [0.25, 0.3) is 0 Å². The van der Waals surface area contributed by atoms with Crippen molar-refractivity contribution < 1.29 is 25.2 Å². The quantitative estimate of drug-likeness (QED) is 0.533. The molecule has 3 rings (SSSR count). The monoisotopic (exact) mass is 419 g/mol. The normalized spacial score (nSPS) is 27.4. The molecule has 0 spiro atoms. The van der Waals surface area contributed by atoms with Gasteiger partial charge in [-0.25, -0.2) is 0 Å². The smallest absolute Gasteiger partial charge is 0.113 e. The molecule has 29 heavy (non-hydrogen) atoms. The van der Waals surface area contributed by atoms with Gasteiger partial charge in [-0.1, -0.05) is 48.0 Å². The van der Waals surface area contributed by atoms with Crippen molar-refractivity contribution in [2.24, 2.45) is 4.99 Å². The Balaban J connectivity index is 1.81. The van der Waals surface area contributed by atoms with Crippen LogP contribution in [-0.4, -0.2) is 64.7 Å². The molecule has 1 aliphatic heterocycles. The number of benzene rings is 2. The first-order valence-electron chi connectivity index (χ1n) is 9.52. The predicted octanol–water partition coefficient (Wildman–Crippen LogP) is 1.69. The van der Waals surface area contributed by atoms with Crippen LogP contribution in [0.2, 0.25) is 5.02 Å². The summed E-state index contributed by atoms with van der Waals surface area (Å²) in [7, 11) is 1.75. The number of rotatable bonds is 6. The van der Waals surface area contributed by atoms with Gasteiger partial charge in [0.2, 0.25) is 0 Å². The Morgan fingerprint density at radius 2 is 1.69 bits per heavy atom. The number of aliphatic hydroxyl groups is 4. The minimum absolute atomic E-state index is 0.461. The summed E-state index contributed by atoms with van der Waals surface area (Å²) in [6.45, 7) is -0.461. The molecule has 4 N–H and O–H groups in total. The third kappa shape index (κ3) is 5.04. The zero-order chi connectivity index (χ0) is 21.0. The molecule has 2 aromatic rings. The van der Waals surface area contributed by atoms with E-state index in [1.807, 2.05) is 36.5 Å². The summed E-state index contributed by atoms with van der Waals surface area (Å²) < 4.78 is 5.65. The summed E-state index contributed by atoms with van der Waals surface area (Å²) in [5.74, 6) is 0. The fourth-order valence-electron chi connectivity index (χ4n) is 3.49. The molecule has 0 amide bonds. The highest BCUT2D eigenvalue weighted by atomic mass is 35.5. The first kappa shape index (κ1) is 21.9. The van der Waals surface area contributed by atoms with E-state index >= 15 is 0 Å². The van der Waals surface area contributed by atoms with Crippen molar-refractivity contribution in [2.75, 3.05) is 13.7 Å². The van der Waals surface area contributed by atoms with Gasteiger partial charge in [0.1, 0.15) is 30.5 Å². The molecule has 7 heteroatoms. The van der Waals surface area contributed by atoms with Gasteiger partial charge in [0.25, 0.3) is 0 Å². The second kappa shape index (κ2) is 9.80. The lowest BCUT2D eigenvalue weighted by Crippen LogP contribution is -2.55. The molecule has 0 aromatic heterocycles. The maximum atomic E-state index is 10.4. The van der Waals surface area contributed by atoms with Crippen molar-refractivity contribution in [2.45, 2.75) is 43.4 Å². The molecular formula is C22H26ClNO5. The Morgan fingerprint density at radius 3 is 2.34 bits per heavy atom. The van der Waals surface area contributed by atoms with Crippen molar-refractivity contribution >= 4 is 17.8 Å². The van der Waals surface area contributed by atoms with Gasteiger partial charge in [-0.2, -0.15) is 0 Å². The third-order valence-corrected chi connectivity index (χ3v) is 5.59. The van der Waals surface area contributed by atoms with Crippen LogP contribution in [0.5, 0.6) is 0 Å². The van der Waals surface area contributed by atoms with Crippen LogP contribution in [0.3, 0.4) is 0 Å². The zero-order valence-corrected chi connectivity index (χ0v) is 16.9. The van der Waals surface area contributed by atoms with Crippen LogP contribution in [0.15, 0.2) is 47.5 Å². The molecule has 5 atom stereocenters. The van der Waals surface area contributed by atoms with Crippen LogP contribution in [0.1, 0.15) is 28.4 Å². The lowest BCUT2D eigenvalue weighted by atomic mass is 9.90. The Bertz CT molecular complexity index is 840. The highest BCUT2D eigenvalue weighted by Gasteiger charge is 2.43. The second-order valence-corrected chi connectivity index (χ2v) is 7.65. The molecule has 6 nitrogen and oxygen atoms in total. The van der Waals surface area contributed by atoms with Crippen molar-refractivity contribution in [3.05, 3.63) is 69.7 Å². The van der Waals surface area contributed by atoms with Crippen molar-refractivity contribution in [1.29, 1.82) is 0 Å². The van der Waals surface area contributed by atoms with Gasteiger partial charge in [-0.3, -0.25) is 0 Å². The Hall–Kier alpha value is -1.80. The van der Waals surface area contributed by atoms with Crippen LogP contribution in [0, 0.1) is 0 Å². The van der Waals surface area contributed by atoms with E-state index in [0.29, 0.717) is 17.0 Å². The molecule has 156 valence electrons. The van der Waals surface area contributed by atoms with Gasteiger partial charge in [-0.05, 0) is 34.7 Å². The molecule has 1 aliphatic rings. The summed E-state index contributed by atoms with van der Waals surface area (Å²) in [5, 5.41) is 40.4. The minimum atomic E-state index is -1.41. The number of hydrogen-bond acceptors (Lipinski definition) is 6. The summed E-state index contributed by atoms with van der Waals surface area (Å²) in [5.41, 5.74) is 3.72. The molecule has 0 unspecified atom stereocenters. The van der Waals surface area contributed by atoms with Gasteiger partial charge in [0.15, 0.2) is 0 Å². The van der Waals surface area contributed by atoms with E-state index in [1.54, 1.807) is 19.2 Å². The number of nitrogens with zero attached hydrogens (tertiary/aromatic N) is 1. The van der Waals surface area contributed by atoms with Gasteiger partial charge in [0.05, 0.1) is 6.61 Å². The topological polar surface area (TPSA) is 103 Å². The largest absolute Gasteiger partial charge is 0.394 e. The highest BCUT2D eigenvalue weighted by molar-refractivity contribution is 6.31. The number of aliphatic imine (C=N–C) groups is 1. The number of ether oxygens (including phenoxy) is 1. The molecular weight excluding hydrogens is 394 g/mol. The first-order chi connectivity index (χ1) is 13.9. The average molecular weight is 420 g/mol. The maximum absolute atomic E-state index is 10.4. The van der Waals surface area contributed by atoms with Crippen LogP contribution in [-0.2, 0) is 17.6 Å². The minimum Gasteiger partial charge on any atom is -0.394 e. The third-order valence-electron chi connectivity index (χ3n) is 5.22. The van der Waals surface area contributed by atoms with E-state index in [-0.39, 0.29) is 0 Å². The molecule has 2 aromatic carbocycles. The van der Waals surface area contributed by atoms with Gasteiger partial charge in [-0.15, -0.1) is 0 Å². The summed E-state index contributed by atoms with van der Waals surface area (Å²) in [6, 6.07) is 13.4. The van der Waals surface area contributed by atoms with E-state index in [9.17, 15) is 20.4 Å². The van der Waals surface area contributed by atoms with Crippen molar-refractivity contribution in [3.8, 4) is 0 Å². The molecule has 1 saturated heterocycles. The molecule has 0 saturated carbocycles. The first-order valence-corrected chi connectivity index (χ1v) is 9.89. The molecule has 0 radical (unpaired) electrons. The van der Waals surface area contributed by atoms with Crippen molar-refractivity contribution in [1.82, 2.24) is 0 Å². The van der Waals surface area contributed by atoms with E-state index in [2.05, 4.69) is 4.99 Å². The SMILES string of the molecule is C/N=C/Cc1ccc(Cc2cc([C@@H]3O[C@H](CO)[C@@H](O)[C@H](O)[C@H]3O)ccc2Cl)cc1. The predicted molar refractivity (Wildman–Crippen MR) is 112 cm³/mol. The summed E-state index contributed by atoms with van der Waals surface area (Å²) >= 11 is 6.38. The lowest BCUT2D eigenvalue weighted by Gasteiger charge is -2.40. The zero-order valence-electron chi connectivity index (χ0n) is 16.1. The molecule has 1 fully saturated rings. The van der Waals surface area contributed by atoms with Crippen LogP contribution in [0.4, 0.5) is 0 Å². The number of aliphatic hydroxyl groups excluding tert-OH is 4. The summed E-state index contributed by atoms with van der Waals surface area (Å²) in [4.78, 5) is 3.99. The molecule has 0 bridgehead atoms. The van der Waals surface area contributed by atoms with E-state index in [1.165, 1.54) is 5.56 Å². The van der Waals surface area contributed by atoms with E-state index in [0.717, 1.165) is 17.5 Å². The number of halogens is 1. The Labute approximate surface area is 175 Å². The fourth-order valence-corrected chi connectivity index (χ4v) is 3.68. The standard InChI is InChI=1S/C22H26ClNO5/c1-24-9-8-13-2-4-14(5-3-13)10-16-11-15(6-7-17(16)23)22-21(28)20(27)19(26)18(12-25)29-22/h2-7,9,11,18-22,25-28H,8,10,12H2,1H3/b24-9+/t18-,19-,20+,21-,22+/m1/s1. The van der Waals surface area contributed by atoms with E-state index < -0.39 is 37.1 Å². The highest BCUT2D eigenvalue weighted by Crippen LogP contribution is 2.34. The van der Waals surface area contributed by atoms with Crippen LogP contribution < -0.4 is 0 Å². The average Bonchev–Trinajstić information content (AvgIpc) is 2.73. The second-order valence-electron chi connectivity index (χ2n) is 7.24.